The lowest BCUT2D eigenvalue weighted by Gasteiger charge is -2.39. The Morgan fingerprint density at radius 3 is 2.50 bits per heavy atom. The Morgan fingerprint density at radius 1 is 1.14 bits per heavy atom. The van der Waals surface area contributed by atoms with Crippen molar-refractivity contribution in [3.63, 3.8) is 0 Å². The normalized spacial score (nSPS) is 23.9. The first-order valence-electron chi connectivity index (χ1n) is 5.27. The van der Waals surface area contributed by atoms with Gasteiger partial charge < -0.3 is 9.80 Å². The summed E-state index contributed by atoms with van der Waals surface area (Å²) in [5.41, 5.74) is 1.35. The van der Waals surface area contributed by atoms with Crippen LogP contribution in [0.1, 0.15) is 6.92 Å². The molecule has 1 aliphatic heterocycles. The molecule has 0 amide bonds. The molecule has 0 saturated carbocycles. The Balaban J connectivity index is 2.07. The molecule has 1 heterocycles. The number of hydrogen-bond acceptors (Lipinski definition) is 2. The molecule has 2 nitrogen and oxygen atoms in total. The summed E-state index contributed by atoms with van der Waals surface area (Å²) < 4.78 is 0. The van der Waals surface area contributed by atoms with Crippen LogP contribution in [0.15, 0.2) is 30.3 Å². The third-order valence-corrected chi connectivity index (χ3v) is 3.08. The van der Waals surface area contributed by atoms with E-state index < -0.39 is 0 Å². The lowest BCUT2D eigenvalue weighted by molar-refractivity contribution is 0.234. The van der Waals surface area contributed by atoms with Gasteiger partial charge in [-0.1, -0.05) is 18.2 Å². The van der Waals surface area contributed by atoms with Crippen molar-refractivity contribution in [1.29, 1.82) is 0 Å². The van der Waals surface area contributed by atoms with E-state index in [2.05, 4.69) is 54.1 Å². The molecule has 0 radical (unpaired) electrons. The predicted octanol–water partition coefficient (Wildman–Crippen LogP) is 1.83. The summed E-state index contributed by atoms with van der Waals surface area (Å²) in [7, 11) is 2.20. The lowest BCUT2D eigenvalue weighted by atomic mass is 10.2. The molecule has 1 aromatic rings. The zero-order valence-corrected chi connectivity index (χ0v) is 8.98. The fourth-order valence-corrected chi connectivity index (χ4v) is 1.92. The summed E-state index contributed by atoms with van der Waals surface area (Å²) in [5, 5.41) is 0. The van der Waals surface area contributed by atoms with Crippen LogP contribution in [0.5, 0.6) is 0 Å². The van der Waals surface area contributed by atoms with Crippen molar-refractivity contribution in [1.82, 2.24) is 4.90 Å². The molecule has 1 unspecified atom stereocenters. The Labute approximate surface area is 86.1 Å². The molecule has 1 aliphatic rings. The van der Waals surface area contributed by atoms with Gasteiger partial charge in [0.05, 0.1) is 0 Å². The summed E-state index contributed by atoms with van der Waals surface area (Å²) in [6.07, 6.45) is 0. The topological polar surface area (TPSA) is 6.48 Å². The summed E-state index contributed by atoms with van der Waals surface area (Å²) in [6, 6.07) is 11.3. The molecule has 1 saturated heterocycles. The van der Waals surface area contributed by atoms with Gasteiger partial charge in [0.25, 0.3) is 0 Å². The summed E-state index contributed by atoms with van der Waals surface area (Å²) in [4.78, 5) is 4.88. The maximum atomic E-state index is 2.46. The molecule has 1 fully saturated rings. The van der Waals surface area contributed by atoms with Gasteiger partial charge >= 0.3 is 0 Å². The fourth-order valence-electron chi connectivity index (χ4n) is 1.92. The van der Waals surface area contributed by atoms with E-state index in [4.69, 9.17) is 0 Å². The highest BCUT2D eigenvalue weighted by molar-refractivity contribution is 5.46. The highest BCUT2D eigenvalue weighted by atomic mass is 15.3. The van der Waals surface area contributed by atoms with Crippen molar-refractivity contribution in [3.05, 3.63) is 30.3 Å². The van der Waals surface area contributed by atoms with Gasteiger partial charge in [-0.25, -0.2) is 0 Å². The van der Waals surface area contributed by atoms with Gasteiger partial charge in [-0.05, 0) is 26.1 Å². The molecule has 0 aliphatic carbocycles. The van der Waals surface area contributed by atoms with E-state index >= 15 is 0 Å². The van der Waals surface area contributed by atoms with Crippen molar-refractivity contribution < 1.29 is 0 Å². The van der Waals surface area contributed by atoms with E-state index in [9.17, 15) is 0 Å². The first-order valence-corrected chi connectivity index (χ1v) is 5.27. The molecule has 2 heteroatoms. The second-order valence-corrected chi connectivity index (χ2v) is 4.11. The number of likely N-dealkylation sites (N-methyl/N-ethyl adjacent to an activating group) is 1. The van der Waals surface area contributed by atoms with Gasteiger partial charge in [-0.3, -0.25) is 0 Å². The molecular formula is C12H18N2. The van der Waals surface area contributed by atoms with Gasteiger partial charge in [0.2, 0.25) is 0 Å². The van der Waals surface area contributed by atoms with Crippen molar-refractivity contribution >= 4 is 5.69 Å². The van der Waals surface area contributed by atoms with E-state index in [1.807, 2.05) is 0 Å². The number of para-hydroxylation sites is 1. The number of anilines is 1. The van der Waals surface area contributed by atoms with Gasteiger partial charge in [0.15, 0.2) is 0 Å². The van der Waals surface area contributed by atoms with E-state index in [1.54, 1.807) is 0 Å². The van der Waals surface area contributed by atoms with Crippen LogP contribution in [0.4, 0.5) is 5.69 Å². The second-order valence-electron chi connectivity index (χ2n) is 4.11. The van der Waals surface area contributed by atoms with Gasteiger partial charge in [0.1, 0.15) is 0 Å². The third-order valence-electron chi connectivity index (χ3n) is 3.08. The smallest absolute Gasteiger partial charge is 0.0367 e. The van der Waals surface area contributed by atoms with Crippen LogP contribution in [0, 0.1) is 0 Å². The van der Waals surface area contributed by atoms with Crippen LogP contribution >= 0.6 is 0 Å². The first-order chi connectivity index (χ1) is 6.77. The van der Waals surface area contributed by atoms with Gasteiger partial charge in [-0.2, -0.15) is 0 Å². The monoisotopic (exact) mass is 190 g/mol. The largest absolute Gasteiger partial charge is 0.369 e. The summed E-state index contributed by atoms with van der Waals surface area (Å²) in [6.45, 7) is 5.73. The van der Waals surface area contributed by atoms with Crippen LogP contribution < -0.4 is 4.90 Å². The Hall–Kier alpha value is -1.02. The van der Waals surface area contributed by atoms with Gasteiger partial charge in [0, 0.05) is 31.4 Å². The Morgan fingerprint density at radius 2 is 1.86 bits per heavy atom. The molecule has 1 aromatic carbocycles. The first kappa shape index (κ1) is 9.53. The molecule has 76 valence electrons. The van der Waals surface area contributed by atoms with E-state index in [0.29, 0.717) is 6.04 Å². The fraction of sp³-hybridized carbons (Fsp3) is 0.500. The number of hydrogen-bond donors (Lipinski definition) is 0. The average molecular weight is 190 g/mol. The van der Waals surface area contributed by atoms with Crippen molar-refractivity contribution in [2.75, 3.05) is 31.6 Å². The van der Waals surface area contributed by atoms with E-state index in [1.165, 1.54) is 5.69 Å². The van der Waals surface area contributed by atoms with Crippen LogP contribution in [0.2, 0.25) is 0 Å². The SMILES string of the molecule is CC1CN(c2ccccc2)CCN1C. The number of benzene rings is 1. The van der Waals surface area contributed by atoms with Crippen molar-refractivity contribution in [2.24, 2.45) is 0 Å². The molecule has 0 spiro atoms. The molecular weight excluding hydrogens is 172 g/mol. The molecule has 0 N–H and O–H groups in total. The molecule has 2 rings (SSSR count). The number of piperazine rings is 1. The maximum absolute atomic E-state index is 2.46. The minimum atomic E-state index is 0.656. The lowest BCUT2D eigenvalue weighted by Crippen LogP contribution is -2.50. The van der Waals surface area contributed by atoms with E-state index in [-0.39, 0.29) is 0 Å². The number of rotatable bonds is 1. The third kappa shape index (κ3) is 1.90. The standard InChI is InChI=1S/C12H18N2/c1-11-10-14(9-8-13(11)2)12-6-4-3-5-7-12/h3-7,11H,8-10H2,1-2H3. The molecule has 0 bridgehead atoms. The van der Waals surface area contributed by atoms with E-state index in [0.717, 1.165) is 19.6 Å². The van der Waals surface area contributed by atoms with Crippen LogP contribution in [0.25, 0.3) is 0 Å². The highest BCUT2D eigenvalue weighted by Gasteiger charge is 2.20. The van der Waals surface area contributed by atoms with Crippen molar-refractivity contribution in [3.8, 4) is 0 Å². The molecule has 14 heavy (non-hydrogen) atoms. The number of nitrogens with zero attached hydrogens (tertiary/aromatic N) is 2. The van der Waals surface area contributed by atoms with Crippen LogP contribution in [0.3, 0.4) is 0 Å². The van der Waals surface area contributed by atoms with Crippen LogP contribution in [-0.2, 0) is 0 Å². The van der Waals surface area contributed by atoms with Crippen LogP contribution in [-0.4, -0.2) is 37.6 Å². The zero-order chi connectivity index (χ0) is 9.97. The quantitative estimate of drug-likeness (QED) is 0.666. The highest BCUT2D eigenvalue weighted by Crippen LogP contribution is 2.17. The minimum absolute atomic E-state index is 0.656. The Kier molecular flexibility index (Phi) is 2.73. The van der Waals surface area contributed by atoms with Gasteiger partial charge in [-0.15, -0.1) is 0 Å². The maximum Gasteiger partial charge on any atom is 0.0367 e. The summed E-state index contributed by atoms with van der Waals surface area (Å²) in [5.74, 6) is 0. The average Bonchev–Trinajstić information content (AvgIpc) is 2.23. The minimum Gasteiger partial charge on any atom is -0.369 e. The van der Waals surface area contributed by atoms with Crippen molar-refractivity contribution in [2.45, 2.75) is 13.0 Å². The molecule has 1 atom stereocenters. The molecule has 0 aromatic heterocycles. The summed E-state index contributed by atoms with van der Waals surface area (Å²) >= 11 is 0. The Bertz CT molecular complexity index is 284. The predicted molar refractivity (Wildman–Crippen MR) is 60.7 cm³/mol. The second kappa shape index (κ2) is 4.01. The zero-order valence-electron chi connectivity index (χ0n) is 8.98.